The van der Waals surface area contributed by atoms with Crippen LogP contribution in [0.5, 0.6) is 0 Å². The standard InChI is InChI=1S/C17H25ClN2O2.ClH/c1-17(2,10-13-4-3-5-14(18)8-13)12-20-16(21)9-15-11-22-7-6-19-15;/h3-5,8,15,19H,6-7,9-12H2,1-2H3,(H,20,21);1H. The van der Waals surface area contributed by atoms with Crippen LogP contribution in [0.25, 0.3) is 0 Å². The number of hydrogen-bond donors (Lipinski definition) is 2. The fraction of sp³-hybridized carbons (Fsp3) is 0.588. The van der Waals surface area contributed by atoms with Gasteiger partial charge < -0.3 is 15.4 Å². The van der Waals surface area contributed by atoms with E-state index in [0.29, 0.717) is 19.6 Å². The van der Waals surface area contributed by atoms with Crippen molar-refractivity contribution in [3.8, 4) is 0 Å². The molecule has 1 amide bonds. The van der Waals surface area contributed by atoms with Crippen molar-refractivity contribution in [2.24, 2.45) is 5.41 Å². The van der Waals surface area contributed by atoms with Crippen molar-refractivity contribution < 1.29 is 9.53 Å². The van der Waals surface area contributed by atoms with Gasteiger partial charge in [-0.2, -0.15) is 0 Å². The summed E-state index contributed by atoms with van der Waals surface area (Å²) in [6.07, 6.45) is 1.34. The van der Waals surface area contributed by atoms with Crippen molar-refractivity contribution in [1.29, 1.82) is 0 Å². The first-order valence-corrected chi connectivity index (χ1v) is 8.15. The van der Waals surface area contributed by atoms with E-state index < -0.39 is 0 Å². The minimum Gasteiger partial charge on any atom is -0.378 e. The predicted octanol–water partition coefficient (Wildman–Crippen LogP) is 2.83. The van der Waals surface area contributed by atoms with E-state index in [-0.39, 0.29) is 29.8 Å². The summed E-state index contributed by atoms with van der Waals surface area (Å²) in [7, 11) is 0. The normalized spacial score (nSPS) is 18.1. The van der Waals surface area contributed by atoms with Gasteiger partial charge in [0.05, 0.1) is 13.2 Å². The largest absolute Gasteiger partial charge is 0.378 e. The Labute approximate surface area is 149 Å². The molecule has 1 aliphatic heterocycles. The average Bonchev–Trinajstić information content (AvgIpc) is 2.46. The molecule has 2 rings (SSSR count). The van der Waals surface area contributed by atoms with Crippen LogP contribution in [-0.4, -0.2) is 38.3 Å². The maximum Gasteiger partial charge on any atom is 0.221 e. The molecule has 4 nitrogen and oxygen atoms in total. The van der Waals surface area contributed by atoms with Gasteiger partial charge >= 0.3 is 0 Å². The molecule has 1 atom stereocenters. The Morgan fingerprint density at radius 2 is 2.26 bits per heavy atom. The van der Waals surface area contributed by atoms with Crippen LogP contribution >= 0.6 is 24.0 Å². The van der Waals surface area contributed by atoms with E-state index in [2.05, 4.69) is 30.5 Å². The summed E-state index contributed by atoms with van der Waals surface area (Å²) < 4.78 is 5.36. The molecule has 0 aliphatic carbocycles. The van der Waals surface area contributed by atoms with Gasteiger partial charge in [-0.15, -0.1) is 12.4 Å². The fourth-order valence-corrected chi connectivity index (χ4v) is 2.86. The van der Waals surface area contributed by atoms with Crippen molar-refractivity contribution in [2.45, 2.75) is 32.7 Å². The lowest BCUT2D eigenvalue weighted by Gasteiger charge is -2.27. The highest BCUT2D eigenvalue weighted by Gasteiger charge is 2.21. The second-order valence-electron chi connectivity index (χ2n) is 6.68. The third-order valence-electron chi connectivity index (χ3n) is 3.77. The second-order valence-corrected chi connectivity index (χ2v) is 7.11. The highest BCUT2D eigenvalue weighted by Crippen LogP contribution is 2.22. The van der Waals surface area contributed by atoms with E-state index in [9.17, 15) is 4.79 Å². The number of hydrogen-bond acceptors (Lipinski definition) is 3. The zero-order chi connectivity index (χ0) is 16.0. The number of morpholine rings is 1. The number of amides is 1. The van der Waals surface area contributed by atoms with Crippen LogP contribution in [0.4, 0.5) is 0 Å². The molecule has 1 aromatic rings. The molecule has 0 radical (unpaired) electrons. The van der Waals surface area contributed by atoms with E-state index in [0.717, 1.165) is 24.6 Å². The summed E-state index contributed by atoms with van der Waals surface area (Å²) in [5.41, 5.74) is 1.17. The molecule has 23 heavy (non-hydrogen) atoms. The highest BCUT2D eigenvalue weighted by molar-refractivity contribution is 6.30. The van der Waals surface area contributed by atoms with Gasteiger partial charge in [-0.05, 0) is 29.5 Å². The average molecular weight is 361 g/mol. The number of carbonyl (C=O) groups excluding carboxylic acids is 1. The molecule has 2 N–H and O–H groups in total. The molecule has 1 aromatic carbocycles. The Morgan fingerprint density at radius 1 is 1.48 bits per heavy atom. The number of benzene rings is 1. The Balaban J connectivity index is 0.00000264. The fourth-order valence-electron chi connectivity index (χ4n) is 2.65. The Kier molecular flexibility index (Phi) is 8.34. The lowest BCUT2D eigenvalue weighted by molar-refractivity contribution is -0.122. The number of halogens is 2. The Bertz CT molecular complexity index is 503. The highest BCUT2D eigenvalue weighted by atomic mass is 35.5. The Morgan fingerprint density at radius 3 is 2.91 bits per heavy atom. The molecule has 1 aliphatic rings. The van der Waals surface area contributed by atoms with E-state index in [1.807, 2.05) is 18.2 Å². The Hall–Kier alpha value is -0.810. The van der Waals surface area contributed by atoms with Gasteiger partial charge in [0.2, 0.25) is 5.91 Å². The van der Waals surface area contributed by atoms with E-state index in [4.69, 9.17) is 16.3 Å². The zero-order valence-electron chi connectivity index (χ0n) is 13.7. The zero-order valence-corrected chi connectivity index (χ0v) is 15.3. The molecule has 1 fully saturated rings. The maximum absolute atomic E-state index is 12.0. The van der Waals surface area contributed by atoms with Gasteiger partial charge in [0, 0.05) is 30.6 Å². The first kappa shape index (κ1) is 20.2. The summed E-state index contributed by atoms with van der Waals surface area (Å²) in [5.74, 6) is 0.0715. The molecule has 130 valence electrons. The third kappa shape index (κ3) is 7.53. The van der Waals surface area contributed by atoms with Gasteiger partial charge in [0.25, 0.3) is 0 Å². The quantitative estimate of drug-likeness (QED) is 0.819. The number of carbonyl (C=O) groups is 1. The van der Waals surface area contributed by atoms with Crippen LogP contribution in [0.2, 0.25) is 5.02 Å². The molecule has 1 saturated heterocycles. The van der Waals surface area contributed by atoms with E-state index >= 15 is 0 Å². The molecule has 1 unspecified atom stereocenters. The SMILES string of the molecule is CC(C)(CNC(=O)CC1COCCN1)Cc1cccc(Cl)c1.Cl. The van der Waals surface area contributed by atoms with Crippen molar-refractivity contribution in [3.63, 3.8) is 0 Å². The minimum absolute atomic E-state index is 0. The molecule has 0 spiro atoms. The van der Waals surface area contributed by atoms with Gasteiger partial charge in [-0.25, -0.2) is 0 Å². The van der Waals surface area contributed by atoms with E-state index in [1.54, 1.807) is 0 Å². The first-order valence-electron chi connectivity index (χ1n) is 7.77. The molecular weight excluding hydrogens is 335 g/mol. The predicted molar refractivity (Wildman–Crippen MR) is 96.4 cm³/mol. The monoisotopic (exact) mass is 360 g/mol. The van der Waals surface area contributed by atoms with Gasteiger partial charge in [-0.1, -0.05) is 37.6 Å². The van der Waals surface area contributed by atoms with Crippen LogP contribution < -0.4 is 10.6 Å². The van der Waals surface area contributed by atoms with Crippen LogP contribution in [-0.2, 0) is 16.0 Å². The molecule has 0 aromatic heterocycles. The second kappa shape index (κ2) is 9.48. The first-order chi connectivity index (χ1) is 10.4. The smallest absolute Gasteiger partial charge is 0.221 e. The lowest BCUT2D eigenvalue weighted by Crippen LogP contribution is -2.45. The maximum atomic E-state index is 12.0. The van der Waals surface area contributed by atoms with Crippen LogP contribution in [0.15, 0.2) is 24.3 Å². The number of ether oxygens (including phenoxy) is 1. The van der Waals surface area contributed by atoms with E-state index in [1.165, 1.54) is 5.56 Å². The van der Waals surface area contributed by atoms with Crippen molar-refractivity contribution in [2.75, 3.05) is 26.3 Å². The van der Waals surface area contributed by atoms with Crippen molar-refractivity contribution in [1.82, 2.24) is 10.6 Å². The lowest BCUT2D eigenvalue weighted by atomic mass is 9.85. The number of nitrogens with one attached hydrogen (secondary N) is 2. The topological polar surface area (TPSA) is 50.4 Å². The van der Waals surface area contributed by atoms with Gasteiger partial charge in [-0.3, -0.25) is 4.79 Å². The number of rotatable bonds is 6. The molecule has 6 heteroatoms. The molecule has 1 heterocycles. The summed E-state index contributed by atoms with van der Waals surface area (Å²) in [4.78, 5) is 12.0. The summed E-state index contributed by atoms with van der Waals surface area (Å²) in [6, 6.07) is 8.01. The van der Waals surface area contributed by atoms with Gasteiger partial charge in [0.1, 0.15) is 0 Å². The summed E-state index contributed by atoms with van der Waals surface area (Å²) >= 11 is 6.02. The van der Waals surface area contributed by atoms with Gasteiger partial charge in [0.15, 0.2) is 0 Å². The summed E-state index contributed by atoms with van der Waals surface area (Å²) in [5, 5.41) is 7.08. The molecular formula is C17H26Cl2N2O2. The van der Waals surface area contributed by atoms with Crippen molar-refractivity contribution in [3.05, 3.63) is 34.9 Å². The summed E-state index contributed by atoms with van der Waals surface area (Å²) in [6.45, 7) is 7.10. The van der Waals surface area contributed by atoms with Crippen LogP contribution in [0.3, 0.4) is 0 Å². The third-order valence-corrected chi connectivity index (χ3v) is 4.00. The van der Waals surface area contributed by atoms with Crippen LogP contribution in [0.1, 0.15) is 25.8 Å². The minimum atomic E-state index is -0.0170. The van der Waals surface area contributed by atoms with Crippen molar-refractivity contribution >= 4 is 29.9 Å². The molecule has 0 saturated carbocycles. The van der Waals surface area contributed by atoms with Crippen LogP contribution in [0, 0.1) is 5.41 Å². The molecule has 0 bridgehead atoms.